The van der Waals surface area contributed by atoms with E-state index in [-0.39, 0.29) is 12.0 Å². The highest BCUT2D eigenvalue weighted by Crippen LogP contribution is 2.17. The van der Waals surface area contributed by atoms with E-state index in [2.05, 4.69) is 9.97 Å². The van der Waals surface area contributed by atoms with Crippen LogP contribution < -0.4 is 0 Å². The van der Waals surface area contributed by atoms with Gasteiger partial charge in [-0.15, -0.1) is 0 Å². The summed E-state index contributed by atoms with van der Waals surface area (Å²) in [6.07, 6.45) is 7.36. The lowest BCUT2D eigenvalue weighted by Crippen LogP contribution is -2.27. The van der Waals surface area contributed by atoms with Crippen LogP contribution in [0.2, 0.25) is 0 Å². The number of carbonyl (C=O) groups is 1. The molecular weight excluding hydrogens is 218 g/mol. The van der Waals surface area contributed by atoms with Gasteiger partial charge in [-0.3, -0.25) is 4.79 Å². The summed E-state index contributed by atoms with van der Waals surface area (Å²) in [5.41, 5.74) is 0. The quantitative estimate of drug-likeness (QED) is 0.840. The Hall–Kier alpha value is -1.36. The highest BCUT2D eigenvalue weighted by atomic mass is 16.5. The van der Waals surface area contributed by atoms with Crippen molar-refractivity contribution < 1.29 is 9.53 Å². The Balaban J connectivity index is 1.71. The van der Waals surface area contributed by atoms with Gasteiger partial charge in [-0.05, 0) is 19.3 Å². The zero-order chi connectivity index (χ0) is 12.1. The molecule has 1 fully saturated rings. The third-order valence-corrected chi connectivity index (χ3v) is 3.07. The molecule has 0 aliphatic carbocycles. The molecule has 1 saturated heterocycles. The number of amides is 1. The van der Waals surface area contributed by atoms with E-state index in [0.717, 1.165) is 31.7 Å². The molecule has 0 radical (unpaired) electrons. The lowest BCUT2D eigenvalue weighted by Gasteiger charge is -2.17. The maximum absolute atomic E-state index is 11.9. The fourth-order valence-corrected chi connectivity index (χ4v) is 2.04. The Labute approximate surface area is 101 Å². The Morgan fingerprint density at radius 2 is 2.59 bits per heavy atom. The van der Waals surface area contributed by atoms with Crippen LogP contribution >= 0.6 is 0 Å². The Bertz CT molecular complexity index is 345. The first kappa shape index (κ1) is 12.1. The molecule has 0 aromatic carbocycles. The van der Waals surface area contributed by atoms with Crippen LogP contribution in [-0.2, 0) is 16.1 Å². The van der Waals surface area contributed by atoms with Crippen LogP contribution in [0.25, 0.3) is 0 Å². The average molecular weight is 237 g/mol. The zero-order valence-corrected chi connectivity index (χ0v) is 10.2. The van der Waals surface area contributed by atoms with Crippen molar-refractivity contribution in [2.24, 2.45) is 0 Å². The number of H-pyrrole nitrogens is 1. The number of hydrogen-bond acceptors (Lipinski definition) is 3. The smallest absolute Gasteiger partial charge is 0.222 e. The van der Waals surface area contributed by atoms with Crippen molar-refractivity contribution >= 4 is 5.91 Å². The highest BCUT2D eigenvalue weighted by Gasteiger charge is 2.18. The van der Waals surface area contributed by atoms with E-state index in [1.165, 1.54) is 0 Å². The number of nitrogens with zero attached hydrogens (tertiary/aromatic N) is 2. The molecule has 0 bridgehead atoms. The Morgan fingerprint density at radius 3 is 3.24 bits per heavy atom. The Morgan fingerprint density at radius 1 is 1.71 bits per heavy atom. The molecule has 2 rings (SSSR count). The zero-order valence-electron chi connectivity index (χ0n) is 10.2. The van der Waals surface area contributed by atoms with Gasteiger partial charge in [0.2, 0.25) is 5.91 Å². The summed E-state index contributed by atoms with van der Waals surface area (Å²) in [4.78, 5) is 20.6. The van der Waals surface area contributed by atoms with Gasteiger partial charge in [0.25, 0.3) is 0 Å². The summed E-state index contributed by atoms with van der Waals surface area (Å²) < 4.78 is 5.50. The molecule has 0 spiro atoms. The third kappa shape index (κ3) is 3.56. The van der Waals surface area contributed by atoms with E-state index in [9.17, 15) is 4.79 Å². The van der Waals surface area contributed by atoms with Crippen LogP contribution in [0.3, 0.4) is 0 Å². The second-order valence-electron chi connectivity index (χ2n) is 4.46. The monoisotopic (exact) mass is 237 g/mol. The van der Waals surface area contributed by atoms with Gasteiger partial charge in [0.05, 0.1) is 12.6 Å². The van der Waals surface area contributed by atoms with Crippen molar-refractivity contribution in [3.05, 3.63) is 18.2 Å². The normalized spacial score (nSPS) is 19.5. The van der Waals surface area contributed by atoms with Crippen LogP contribution in [0.4, 0.5) is 0 Å². The molecule has 1 amide bonds. The van der Waals surface area contributed by atoms with Crippen molar-refractivity contribution in [1.82, 2.24) is 14.9 Å². The van der Waals surface area contributed by atoms with E-state index in [4.69, 9.17) is 4.74 Å². The van der Waals surface area contributed by atoms with Crippen LogP contribution in [-0.4, -0.2) is 40.5 Å². The maximum Gasteiger partial charge on any atom is 0.222 e. The van der Waals surface area contributed by atoms with Crippen molar-refractivity contribution in [2.45, 2.75) is 38.3 Å². The molecule has 17 heavy (non-hydrogen) atoms. The topological polar surface area (TPSA) is 58.2 Å². The molecule has 1 aliphatic heterocycles. The molecule has 1 aliphatic rings. The lowest BCUT2D eigenvalue weighted by molar-refractivity contribution is -0.131. The van der Waals surface area contributed by atoms with Crippen molar-refractivity contribution in [2.75, 3.05) is 13.7 Å². The molecule has 0 saturated carbocycles. The average Bonchev–Trinajstić information content (AvgIpc) is 2.98. The third-order valence-electron chi connectivity index (χ3n) is 3.07. The SMILES string of the molecule is CN(Cc1ncc[nH]1)C(=O)CCC1CCCO1. The maximum atomic E-state index is 11.9. The first-order chi connectivity index (χ1) is 8.25. The van der Waals surface area contributed by atoms with E-state index < -0.39 is 0 Å². The summed E-state index contributed by atoms with van der Waals surface area (Å²) in [7, 11) is 1.81. The van der Waals surface area contributed by atoms with Gasteiger partial charge in [-0.1, -0.05) is 0 Å². The highest BCUT2D eigenvalue weighted by molar-refractivity contribution is 5.75. The standard InChI is InChI=1S/C12H19N3O2/c1-15(9-11-13-6-7-14-11)12(16)5-4-10-3-2-8-17-10/h6-7,10H,2-5,8-9H2,1H3,(H,13,14). The van der Waals surface area contributed by atoms with Gasteiger partial charge in [0.1, 0.15) is 5.82 Å². The van der Waals surface area contributed by atoms with E-state index in [1.54, 1.807) is 24.3 Å². The predicted octanol–water partition coefficient (Wildman–Crippen LogP) is 1.33. The number of hydrogen-bond donors (Lipinski definition) is 1. The fourth-order valence-electron chi connectivity index (χ4n) is 2.04. The summed E-state index contributed by atoms with van der Waals surface area (Å²) in [6, 6.07) is 0. The number of nitrogens with one attached hydrogen (secondary N) is 1. The first-order valence-electron chi connectivity index (χ1n) is 6.09. The van der Waals surface area contributed by atoms with Gasteiger partial charge in [-0.2, -0.15) is 0 Å². The number of carbonyl (C=O) groups excluding carboxylic acids is 1. The first-order valence-corrected chi connectivity index (χ1v) is 6.09. The number of aromatic nitrogens is 2. The van der Waals surface area contributed by atoms with Gasteiger partial charge >= 0.3 is 0 Å². The summed E-state index contributed by atoms with van der Waals surface area (Å²) >= 11 is 0. The summed E-state index contributed by atoms with van der Waals surface area (Å²) in [5, 5.41) is 0. The van der Waals surface area contributed by atoms with Gasteiger partial charge in [0, 0.05) is 32.5 Å². The molecule has 5 nitrogen and oxygen atoms in total. The summed E-state index contributed by atoms with van der Waals surface area (Å²) in [5.74, 6) is 0.967. The second-order valence-corrected chi connectivity index (χ2v) is 4.46. The second kappa shape index (κ2) is 5.82. The molecule has 1 aromatic heterocycles. The minimum Gasteiger partial charge on any atom is -0.378 e. The van der Waals surface area contributed by atoms with E-state index >= 15 is 0 Å². The molecule has 2 heterocycles. The molecule has 1 N–H and O–H groups in total. The number of rotatable bonds is 5. The van der Waals surface area contributed by atoms with Gasteiger partial charge in [-0.25, -0.2) is 4.98 Å². The minimum absolute atomic E-state index is 0.150. The van der Waals surface area contributed by atoms with Gasteiger partial charge in [0.15, 0.2) is 0 Å². The molecule has 1 atom stereocenters. The fraction of sp³-hybridized carbons (Fsp3) is 0.667. The predicted molar refractivity (Wildman–Crippen MR) is 63.3 cm³/mol. The van der Waals surface area contributed by atoms with Crippen molar-refractivity contribution in [3.8, 4) is 0 Å². The summed E-state index contributed by atoms with van der Waals surface area (Å²) in [6.45, 7) is 1.39. The Kier molecular flexibility index (Phi) is 4.14. The lowest BCUT2D eigenvalue weighted by atomic mass is 10.1. The van der Waals surface area contributed by atoms with E-state index in [0.29, 0.717) is 13.0 Å². The number of ether oxygens (including phenoxy) is 1. The molecule has 5 heteroatoms. The van der Waals surface area contributed by atoms with Crippen LogP contribution in [0.5, 0.6) is 0 Å². The number of imidazole rings is 1. The molecule has 94 valence electrons. The minimum atomic E-state index is 0.150. The van der Waals surface area contributed by atoms with E-state index in [1.807, 2.05) is 0 Å². The van der Waals surface area contributed by atoms with Crippen LogP contribution in [0.15, 0.2) is 12.4 Å². The van der Waals surface area contributed by atoms with Crippen molar-refractivity contribution in [1.29, 1.82) is 0 Å². The van der Waals surface area contributed by atoms with Crippen molar-refractivity contribution in [3.63, 3.8) is 0 Å². The molecule has 1 unspecified atom stereocenters. The number of aromatic amines is 1. The largest absolute Gasteiger partial charge is 0.378 e. The van der Waals surface area contributed by atoms with Crippen LogP contribution in [0.1, 0.15) is 31.5 Å². The molecule has 1 aromatic rings. The van der Waals surface area contributed by atoms with Crippen LogP contribution in [0, 0.1) is 0 Å². The van der Waals surface area contributed by atoms with Gasteiger partial charge < -0.3 is 14.6 Å². The molecular formula is C12H19N3O2.